The third-order valence-corrected chi connectivity index (χ3v) is 3.28. The second-order valence-electron chi connectivity index (χ2n) is 4.48. The van der Waals surface area contributed by atoms with E-state index in [4.69, 9.17) is 5.11 Å². The molecule has 1 aliphatic rings. The molecule has 2 rings (SSSR count). The lowest BCUT2D eigenvalue weighted by molar-refractivity contribution is -0.918. The monoisotopic (exact) mass is 221 g/mol. The molecule has 1 aliphatic heterocycles. The number of piperazine rings is 1. The summed E-state index contributed by atoms with van der Waals surface area (Å²) in [5.41, 5.74) is 1.42. The quantitative estimate of drug-likeness (QED) is 0.709. The second kappa shape index (κ2) is 5.99. The number of quaternary nitrogens is 1. The van der Waals surface area contributed by atoms with Crippen LogP contribution in [0.3, 0.4) is 0 Å². The lowest BCUT2D eigenvalue weighted by Crippen LogP contribution is -3.13. The molecule has 2 N–H and O–H groups in total. The minimum Gasteiger partial charge on any atom is -0.395 e. The number of nitrogens with zero attached hydrogens (tertiary/aromatic N) is 1. The van der Waals surface area contributed by atoms with Crippen molar-refractivity contribution >= 4 is 0 Å². The first-order valence-corrected chi connectivity index (χ1v) is 6.09. The van der Waals surface area contributed by atoms with Gasteiger partial charge < -0.3 is 10.0 Å². The zero-order valence-corrected chi connectivity index (χ0v) is 9.73. The maximum atomic E-state index is 8.87. The van der Waals surface area contributed by atoms with Crippen LogP contribution in [0, 0.1) is 0 Å². The lowest BCUT2D eigenvalue weighted by atomic mass is 10.2. The zero-order chi connectivity index (χ0) is 11.2. The van der Waals surface area contributed by atoms with E-state index in [1.54, 1.807) is 4.90 Å². The Balaban J connectivity index is 1.77. The van der Waals surface area contributed by atoms with Gasteiger partial charge in [0.05, 0.1) is 19.7 Å². The van der Waals surface area contributed by atoms with Crippen LogP contribution in [0.4, 0.5) is 0 Å². The van der Waals surface area contributed by atoms with Gasteiger partial charge in [-0.05, 0) is 0 Å². The highest BCUT2D eigenvalue weighted by Crippen LogP contribution is 1.96. The number of hydrogen-bond donors (Lipinski definition) is 2. The van der Waals surface area contributed by atoms with E-state index in [1.165, 1.54) is 18.7 Å². The summed E-state index contributed by atoms with van der Waals surface area (Å²) in [6, 6.07) is 10.7. The molecule has 0 atom stereocenters. The van der Waals surface area contributed by atoms with E-state index in [0.717, 1.165) is 26.2 Å². The molecule has 0 spiro atoms. The molecule has 0 bridgehead atoms. The van der Waals surface area contributed by atoms with Crippen LogP contribution in [-0.2, 0) is 6.54 Å². The summed E-state index contributed by atoms with van der Waals surface area (Å²) in [5.74, 6) is 0. The molecule has 3 heteroatoms. The van der Waals surface area contributed by atoms with E-state index in [1.807, 2.05) is 0 Å². The fourth-order valence-corrected chi connectivity index (χ4v) is 2.30. The van der Waals surface area contributed by atoms with E-state index in [9.17, 15) is 0 Å². The highest BCUT2D eigenvalue weighted by atomic mass is 16.3. The van der Waals surface area contributed by atoms with Crippen molar-refractivity contribution in [2.24, 2.45) is 0 Å². The SMILES string of the molecule is OCCN1CC[NH+](Cc2ccccc2)CC1. The molecular formula is C13H21N2O+. The molecule has 1 aromatic rings. The van der Waals surface area contributed by atoms with Crippen LogP contribution in [0.5, 0.6) is 0 Å². The summed E-state index contributed by atoms with van der Waals surface area (Å²) in [6.07, 6.45) is 0. The highest BCUT2D eigenvalue weighted by molar-refractivity contribution is 5.13. The van der Waals surface area contributed by atoms with E-state index in [2.05, 4.69) is 35.2 Å². The minimum atomic E-state index is 0.286. The number of nitrogens with one attached hydrogen (secondary N) is 1. The smallest absolute Gasteiger partial charge is 0.103 e. The van der Waals surface area contributed by atoms with Crippen molar-refractivity contribution in [3.63, 3.8) is 0 Å². The number of rotatable bonds is 4. The molecule has 1 aromatic carbocycles. The third-order valence-electron chi connectivity index (χ3n) is 3.28. The van der Waals surface area contributed by atoms with Crippen molar-refractivity contribution in [2.45, 2.75) is 6.54 Å². The van der Waals surface area contributed by atoms with Crippen molar-refractivity contribution in [2.75, 3.05) is 39.3 Å². The summed E-state index contributed by atoms with van der Waals surface area (Å²) in [7, 11) is 0. The van der Waals surface area contributed by atoms with Gasteiger partial charge in [0.15, 0.2) is 0 Å². The Bertz CT molecular complexity index is 294. The number of aliphatic hydroxyl groups is 1. The number of hydrogen-bond acceptors (Lipinski definition) is 2. The first-order chi connectivity index (χ1) is 7.88. The third kappa shape index (κ3) is 3.30. The maximum Gasteiger partial charge on any atom is 0.103 e. The predicted molar refractivity (Wildman–Crippen MR) is 64.4 cm³/mol. The highest BCUT2D eigenvalue weighted by Gasteiger charge is 2.19. The van der Waals surface area contributed by atoms with Gasteiger partial charge in [-0.2, -0.15) is 0 Å². The number of β-amino-alcohol motifs (C(OH)–C–C–N with tert-alkyl or cyclic N) is 1. The Morgan fingerprint density at radius 2 is 1.81 bits per heavy atom. The normalized spacial score (nSPS) is 18.8. The van der Waals surface area contributed by atoms with Crippen molar-refractivity contribution in [3.05, 3.63) is 35.9 Å². The van der Waals surface area contributed by atoms with Gasteiger partial charge in [-0.3, -0.25) is 4.90 Å². The van der Waals surface area contributed by atoms with Gasteiger partial charge in [0.1, 0.15) is 6.54 Å². The van der Waals surface area contributed by atoms with Crippen molar-refractivity contribution < 1.29 is 10.0 Å². The van der Waals surface area contributed by atoms with E-state index in [-0.39, 0.29) is 6.61 Å². The van der Waals surface area contributed by atoms with Crippen molar-refractivity contribution in [1.29, 1.82) is 0 Å². The number of aliphatic hydroxyl groups excluding tert-OH is 1. The largest absolute Gasteiger partial charge is 0.395 e. The lowest BCUT2D eigenvalue weighted by Gasteiger charge is -2.31. The molecule has 0 unspecified atom stereocenters. The zero-order valence-electron chi connectivity index (χ0n) is 9.73. The Kier molecular flexibility index (Phi) is 4.34. The van der Waals surface area contributed by atoms with Gasteiger partial charge in [0.25, 0.3) is 0 Å². The van der Waals surface area contributed by atoms with Crippen LogP contribution in [0.15, 0.2) is 30.3 Å². The van der Waals surface area contributed by atoms with Crippen LogP contribution in [-0.4, -0.2) is 49.3 Å². The van der Waals surface area contributed by atoms with Gasteiger partial charge in [-0.1, -0.05) is 30.3 Å². The standard InChI is InChI=1S/C13H20N2O/c16-11-10-14-6-8-15(9-7-14)12-13-4-2-1-3-5-13/h1-5,16H,6-12H2/p+1. The molecule has 1 fully saturated rings. The molecular weight excluding hydrogens is 200 g/mol. The van der Waals surface area contributed by atoms with Gasteiger partial charge in [-0.25, -0.2) is 0 Å². The molecule has 0 aliphatic carbocycles. The van der Waals surface area contributed by atoms with Crippen LogP contribution < -0.4 is 4.90 Å². The first-order valence-electron chi connectivity index (χ1n) is 6.09. The summed E-state index contributed by atoms with van der Waals surface area (Å²) < 4.78 is 0. The predicted octanol–water partition coefficient (Wildman–Crippen LogP) is -0.621. The molecule has 16 heavy (non-hydrogen) atoms. The number of benzene rings is 1. The molecule has 0 aromatic heterocycles. The minimum absolute atomic E-state index is 0.286. The summed E-state index contributed by atoms with van der Waals surface area (Å²) in [4.78, 5) is 3.99. The fourth-order valence-electron chi connectivity index (χ4n) is 2.30. The Morgan fingerprint density at radius 3 is 2.44 bits per heavy atom. The first kappa shape index (κ1) is 11.6. The molecule has 0 amide bonds. The van der Waals surface area contributed by atoms with E-state index < -0.39 is 0 Å². The van der Waals surface area contributed by atoms with Crippen molar-refractivity contribution in [3.8, 4) is 0 Å². The summed E-state index contributed by atoms with van der Waals surface area (Å²) >= 11 is 0. The molecule has 1 saturated heterocycles. The Morgan fingerprint density at radius 1 is 1.12 bits per heavy atom. The summed E-state index contributed by atoms with van der Waals surface area (Å²) in [6.45, 7) is 6.86. The van der Waals surface area contributed by atoms with Crippen molar-refractivity contribution in [1.82, 2.24) is 4.90 Å². The van der Waals surface area contributed by atoms with Crippen LogP contribution in [0.25, 0.3) is 0 Å². The summed E-state index contributed by atoms with van der Waals surface area (Å²) in [5, 5.41) is 8.87. The average Bonchev–Trinajstić information content (AvgIpc) is 2.33. The fraction of sp³-hybridized carbons (Fsp3) is 0.538. The van der Waals surface area contributed by atoms with Gasteiger partial charge in [-0.15, -0.1) is 0 Å². The van der Waals surface area contributed by atoms with E-state index in [0.29, 0.717) is 0 Å². The van der Waals surface area contributed by atoms with E-state index >= 15 is 0 Å². The van der Waals surface area contributed by atoms with Crippen LogP contribution >= 0.6 is 0 Å². The average molecular weight is 221 g/mol. The molecule has 3 nitrogen and oxygen atoms in total. The van der Waals surface area contributed by atoms with Crippen LogP contribution in [0.2, 0.25) is 0 Å². The molecule has 1 heterocycles. The maximum absolute atomic E-state index is 8.87. The molecule has 0 saturated carbocycles. The van der Waals surface area contributed by atoms with Gasteiger partial charge in [0, 0.05) is 25.2 Å². The van der Waals surface area contributed by atoms with Gasteiger partial charge >= 0.3 is 0 Å². The molecule has 88 valence electrons. The second-order valence-corrected chi connectivity index (χ2v) is 4.48. The van der Waals surface area contributed by atoms with Gasteiger partial charge in [0.2, 0.25) is 0 Å². The van der Waals surface area contributed by atoms with Crippen LogP contribution in [0.1, 0.15) is 5.56 Å². The Hall–Kier alpha value is -0.900. The topological polar surface area (TPSA) is 27.9 Å². The Labute approximate surface area is 97.3 Å². The molecule has 0 radical (unpaired) electrons.